The molecule has 2 aromatic rings. The van der Waals surface area contributed by atoms with Crippen molar-refractivity contribution in [2.45, 2.75) is 45.6 Å². The minimum atomic E-state index is 0.290. The number of fused-ring (bicyclic) bond motifs is 1. The second kappa shape index (κ2) is 6.02. The fourth-order valence-electron chi connectivity index (χ4n) is 3.54. The van der Waals surface area contributed by atoms with Crippen LogP contribution in [0.5, 0.6) is 0 Å². The number of nitrogens with one attached hydrogen (secondary N) is 1. The molecule has 1 aliphatic rings. The highest BCUT2D eigenvalue weighted by Crippen LogP contribution is 2.34. The van der Waals surface area contributed by atoms with Crippen molar-refractivity contribution in [2.24, 2.45) is 5.92 Å². The minimum Gasteiger partial charge on any atom is -0.396 e. The van der Waals surface area contributed by atoms with Gasteiger partial charge in [-0.25, -0.2) is 0 Å². The molecule has 1 heterocycles. The summed E-state index contributed by atoms with van der Waals surface area (Å²) in [6.07, 6.45) is 4.57. The molecule has 2 atom stereocenters. The summed E-state index contributed by atoms with van der Waals surface area (Å²) in [5.74, 6) is 0.585. The molecule has 1 aromatic carbocycles. The molecule has 1 saturated carbocycles. The Morgan fingerprint density at radius 2 is 2.05 bits per heavy atom. The molecule has 1 aliphatic carbocycles. The molecule has 2 N–H and O–H groups in total. The number of aromatic nitrogens is 1. The Bertz CT molecular complexity index is 638. The van der Waals surface area contributed by atoms with E-state index in [0.717, 1.165) is 17.6 Å². The largest absolute Gasteiger partial charge is 0.396 e. The van der Waals surface area contributed by atoms with Crippen LogP contribution in [0.2, 0.25) is 0 Å². The van der Waals surface area contributed by atoms with E-state index in [1.807, 2.05) is 6.07 Å². The van der Waals surface area contributed by atoms with Gasteiger partial charge in [0, 0.05) is 29.4 Å². The highest BCUT2D eigenvalue weighted by Gasteiger charge is 2.27. The van der Waals surface area contributed by atoms with E-state index in [-0.39, 0.29) is 6.61 Å². The molecule has 1 fully saturated rings. The van der Waals surface area contributed by atoms with Crippen LogP contribution in [0.25, 0.3) is 10.9 Å². The van der Waals surface area contributed by atoms with Crippen LogP contribution in [0.1, 0.15) is 36.9 Å². The van der Waals surface area contributed by atoms with Gasteiger partial charge < -0.3 is 10.4 Å². The summed E-state index contributed by atoms with van der Waals surface area (Å²) in [6, 6.07) is 8.81. The van der Waals surface area contributed by atoms with Crippen LogP contribution in [-0.4, -0.2) is 22.7 Å². The smallest absolute Gasteiger partial charge is 0.0726 e. The van der Waals surface area contributed by atoms with Crippen LogP contribution >= 0.6 is 0 Å². The third kappa shape index (κ3) is 2.75. The minimum absolute atomic E-state index is 0.290. The molecule has 0 aliphatic heterocycles. The fourth-order valence-corrected chi connectivity index (χ4v) is 3.54. The number of anilines is 1. The Balaban J connectivity index is 1.98. The van der Waals surface area contributed by atoms with Crippen molar-refractivity contribution in [3.8, 4) is 0 Å². The van der Waals surface area contributed by atoms with Crippen molar-refractivity contribution in [1.82, 2.24) is 4.98 Å². The number of hydrogen-bond acceptors (Lipinski definition) is 3. The summed E-state index contributed by atoms with van der Waals surface area (Å²) in [4.78, 5) is 4.69. The van der Waals surface area contributed by atoms with Crippen LogP contribution in [0, 0.1) is 19.8 Å². The molecule has 3 heteroatoms. The van der Waals surface area contributed by atoms with Crippen LogP contribution in [0.3, 0.4) is 0 Å². The highest BCUT2D eigenvalue weighted by atomic mass is 16.3. The van der Waals surface area contributed by atoms with Gasteiger partial charge in [-0.15, -0.1) is 0 Å². The van der Waals surface area contributed by atoms with Crippen LogP contribution in [0.15, 0.2) is 24.3 Å². The van der Waals surface area contributed by atoms with E-state index in [1.165, 1.54) is 35.9 Å². The van der Waals surface area contributed by atoms with Gasteiger partial charge in [-0.05, 0) is 50.7 Å². The molecule has 0 amide bonds. The van der Waals surface area contributed by atoms with Crippen molar-refractivity contribution in [3.63, 3.8) is 0 Å². The summed E-state index contributed by atoms with van der Waals surface area (Å²) in [7, 11) is 0. The van der Waals surface area contributed by atoms with E-state index >= 15 is 0 Å². The van der Waals surface area contributed by atoms with Crippen LogP contribution < -0.4 is 5.32 Å². The van der Waals surface area contributed by atoms with E-state index in [1.54, 1.807) is 0 Å². The Morgan fingerprint density at radius 3 is 2.86 bits per heavy atom. The third-order valence-electron chi connectivity index (χ3n) is 4.87. The zero-order valence-corrected chi connectivity index (χ0v) is 12.9. The first-order chi connectivity index (χ1) is 10.2. The quantitative estimate of drug-likeness (QED) is 0.897. The van der Waals surface area contributed by atoms with Gasteiger partial charge in [-0.2, -0.15) is 0 Å². The number of nitrogens with zero attached hydrogens (tertiary/aromatic N) is 1. The second-order valence-corrected chi connectivity index (χ2v) is 6.17. The third-order valence-corrected chi connectivity index (χ3v) is 4.87. The zero-order valence-electron chi connectivity index (χ0n) is 12.9. The lowest BCUT2D eigenvalue weighted by molar-refractivity contribution is 0.254. The summed E-state index contributed by atoms with van der Waals surface area (Å²) in [5, 5.41) is 14.2. The maximum absolute atomic E-state index is 9.24. The maximum atomic E-state index is 9.24. The van der Waals surface area contributed by atoms with Crippen molar-refractivity contribution in [3.05, 3.63) is 35.5 Å². The number of rotatable bonds is 4. The second-order valence-electron chi connectivity index (χ2n) is 6.17. The van der Waals surface area contributed by atoms with Gasteiger partial charge in [-0.1, -0.05) is 24.6 Å². The average molecular weight is 284 g/mol. The summed E-state index contributed by atoms with van der Waals surface area (Å²) < 4.78 is 0. The lowest BCUT2D eigenvalue weighted by Gasteiger charge is -2.24. The predicted octanol–water partition coefficient (Wildman–Crippen LogP) is 3.81. The molecule has 1 aromatic heterocycles. The first-order valence-corrected chi connectivity index (χ1v) is 7.94. The van der Waals surface area contributed by atoms with Gasteiger partial charge >= 0.3 is 0 Å². The van der Waals surface area contributed by atoms with Crippen molar-refractivity contribution < 1.29 is 5.11 Å². The Hall–Kier alpha value is -1.61. The van der Waals surface area contributed by atoms with Gasteiger partial charge in [0.15, 0.2) is 0 Å². The first kappa shape index (κ1) is 14.3. The molecule has 0 radical (unpaired) electrons. The highest BCUT2D eigenvalue weighted by molar-refractivity contribution is 5.93. The van der Waals surface area contributed by atoms with Crippen molar-refractivity contribution in [2.75, 3.05) is 11.9 Å². The van der Waals surface area contributed by atoms with Gasteiger partial charge in [0.2, 0.25) is 0 Å². The number of benzene rings is 1. The number of pyridine rings is 1. The van der Waals surface area contributed by atoms with Crippen LogP contribution in [0.4, 0.5) is 5.69 Å². The van der Waals surface area contributed by atoms with Gasteiger partial charge in [0.05, 0.1) is 5.52 Å². The number of para-hydroxylation sites is 1. The lowest BCUT2D eigenvalue weighted by atomic mass is 9.98. The standard InChI is InChI=1S/C18H24N2O/c1-12-13(2)19-17-8-4-3-7-15(17)18(12)20-16-9-5-6-14(16)10-11-21/h3-4,7-8,14,16,21H,5-6,9-11H2,1-2H3,(H,19,20). The molecular weight excluding hydrogens is 260 g/mol. The molecule has 3 rings (SSSR count). The lowest BCUT2D eigenvalue weighted by Crippen LogP contribution is -2.25. The molecule has 112 valence electrons. The molecule has 0 saturated heterocycles. The van der Waals surface area contributed by atoms with E-state index in [4.69, 9.17) is 0 Å². The molecule has 0 bridgehead atoms. The van der Waals surface area contributed by atoms with Gasteiger partial charge in [0.25, 0.3) is 0 Å². The zero-order chi connectivity index (χ0) is 14.8. The fraction of sp³-hybridized carbons (Fsp3) is 0.500. The number of hydrogen-bond donors (Lipinski definition) is 2. The normalized spacial score (nSPS) is 21.9. The molecule has 2 unspecified atom stereocenters. The van der Waals surface area contributed by atoms with Gasteiger partial charge in [0.1, 0.15) is 0 Å². The summed E-state index contributed by atoms with van der Waals surface area (Å²) >= 11 is 0. The number of aliphatic hydroxyl groups is 1. The molecular formula is C18H24N2O. The van der Waals surface area contributed by atoms with E-state index in [9.17, 15) is 5.11 Å². The number of aryl methyl sites for hydroxylation is 1. The Morgan fingerprint density at radius 1 is 1.24 bits per heavy atom. The molecule has 0 spiro atoms. The van der Waals surface area contributed by atoms with Crippen molar-refractivity contribution in [1.29, 1.82) is 0 Å². The molecule has 3 nitrogen and oxygen atoms in total. The van der Waals surface area contributed by atoms with Gasteiger partial charge in [-0.3, -0.25) is 4.98 Å². The topological polar surface area (TPSA) is 45.2 Å². The average Bonchev–Trinajstić information content (AvgIpc) is 2.91. The monoisotopic (exact) mass is 284 g/mol. The Labute approximate surface area is 126 Å². The van der Waals surface area contributed by atoms with E-state index in [2.05, 4.69) is 42.3 Å². The summed E-state index contributed by atoms with van der Waals surface area (Å²) in [5.41, 5.74) is 4.61. The van der Waals surface area contributed by atoms with Crippen LogP contribution in [-0.2, 0) is 0 Å². The first-order valence-electron chi connectivity index (χ1n) is 7.94. The number of aliphatic hydroxyl groups excluding tert-OH is 1. The maximum Gasteiger partial charge on any atom is 0.0726 e. The van der Waals surface area contributed by atoms with Crippen molar-refractivity contribution >= 4 is 16.6 Å². The SMILES string of the molecule is Cc1nc2ccccc2c(NC2CCCC2CCO)c1C. The summed E-state index contributed by atoms with van der Waals surface area (Å²) in [6.45, 7) is 4.51. The predicted molar refractivity (Wildman–Crippen MR) is 87.7 cm³/mol. The van der Waals surface area contributed by atoms with E-state index < -0.39 is 0 Å². The Kier molecular flexibility index (Phi) is 4.11. The molecule has 21 heavy (non-hydrogen) atoms. The van der Waals surface area contributed by atoms with E-state index in [0.29, 0.717) is 12.0 Å².